The molecule has 0 aliphatic heterocycles. The number of hydrogen-bond donors (Lipinski definition) is 1. The van der Waals surface area contributed by atoms with E-state index in [4.69, 9.17) is 4.42 Å². The molecule has 1 aromatic carbocycles. The number of rotatable bonds is 5. The predicted molar refractivity (Wildman–Crippen MR) is 82.6 cm³/mol. The Morgan fingerprint density at radius 3 is 2.73 bits per heavy atom. The quantitative estimate of drug-likeness (QED) is 0.774. The topological polar surface area (TPSA) is 45.1 Å². The minimum atomic E-state index is -0.242. The van der Waals surface area contributed by atoms with Crippen LogP contribution in [0.3, 0.4) is 0 Å². The SMILES string of the molecule is C[C@@H](c1ccco1)N(C)Cc1cn[nH]c1-c1ccc(F)cc1. The van der Waals surface area contributed by atoms with Crippen LogP contribution < -0.4 is 0 Å². The Labute approximate surface area is 128 Å². The van der Waals surface area contributed by atoms with Gasteiger partial charge in [0.2, 0.25) is 0 Å². The van der Waals surface area contributed by atoms with Gasteiger partial charge in [0, 0.05) is 17.7 Å². The molecule has 0 spiro atoms. The number of hydrogen-bond acceptors (Lipinski definition) is 3. The maximum atomic E-state index is 13.1. The molecule has 3 aromatic rings. The number of H-pyrrole nitrogens is 1. The van der Waals surface area contributed by atoms with Crippen LogP contribution in [0.15, 0.2) is 53.3 Å². The lowest BCUT2D eigenvalue weighted by Crippen LogP contribution is -2.21. The second kappa shape index (κ2) is 6.15. The van der Waals surface area contributed by atoms with Crippen molar-refractivity contribution in [3.05, 3.63) is 66.0 Å². The Hall–Kier alpha value is -2.40. The number of aromatic nitrogens is 2. The first-order chi connectivity index (χ1) is 10.6. The molecule has 0 amide bonds. The first kappa shape index (κ1) is 14.5. The van der Waals surface area contributed by atoms with E-state index in [-0.39, 0.29) is 11.9 Å². The van der Waals surface area contributed by atoms with E-state index in [0.717, 1.165) is 22.6 Å². The zero-order chi connectivity index (χ0) is 15.5. The molecule has 114 valence electrons. The molecule has 3 rings (SSSR count). The van der Waals surface area contributed by atoms with Gasteiger partial charge in [-0.15, -0.1) is 0 Å². The largest absolute Gasteiger partial charge is 0.468 e. The Morgan fingerprint density at radius 1 is 1.27 bits per heavy atom. The molecule has 1 atom stereocenters. The lowest BCUT2D eigenvalue weighted by Gasteiger charge is -2.22. The molecule has 0 unspecified atom stereocenters. The van der Waals surface area contributed by atoms with Crippen molar-refractivity contribution in [2.75, 3.05) is 7.05 Å². The first-order valence-corrected chi connectivity index (χ1v) is 7.17. The molecule has 0 radical (unpaired) electrons. The predicted octanol–water partition coefficient (Wildman–Crippen LogP) is 4.00. The van der Waals surface area contributed by atoms with Crippen LogP contribution in [0.5, 0.6) is 0 Å². The van der Waals surface area contributed by atoms with Gasteiger partial charge in [-0.3, -0.25) is 10.00 Å². The summed E-state index contributed by atoms with van der Waals surface area (Å²) in [4.78, 5) is 2.18. The van der Waals surface area contributed by atoms with Crippen molar-refractivity contribution in [1.82, 2.24) is 15.1 Å². The van der Waals surface area contributed by atoms with Gasteiger partial charge >= 0.3 is 0 Å². The van der Waals surface area contributed by atoms with Gasteiger partial charge in [0.25, 0.3) is 0 Å². The Kier molecular flexibility index (Phi) is 4.06. The minimum Gasteiger partial charge on any atom is -0.468 e. The minimum absolute atomic E-state index is 0.158. The molecule has 5 heteroatoms. The second-order valence-electron chi connectivity index (χ2n) is 5.38. The van der Waals surface area contributed by atoms with Crippen molar-refractivity contribution in [1.29, 1.82) is 0 Å². The van der Waals surface area contributed by atoms with E-state index in [1.807, 2.05) is 25.4 Å². The molecule has 4 nitrogen and oxygen atoms in total. The summed E-state index contributed by atoms with van der Waals surface area (Å²) in [6.45, 7) is 2.81. The van der Waals surface area contributed by atoms with Crippen LogP contribution in [0.1, 0.15) is 24.3 Å². The number of benzene rings is 1. The molecule has 1 N–H and O–H groups in total. The van der Waals surface area contributed by atoms with Gasteiger partial charge in [-0.25, -0.2) is 4.39 Å². The average Bonchev–Trinajstić information content (AvgIpc) is 3.18. The summed E-state index contributed by atoms with van der Waals surface area (Å²) >= 11 is 0. The smallest absolute Gasteiger partial charge is 0.123 e. The number of furan rings is 1. The summed E-state index contributed by atoms with van der Waals surface area (Å²) in [5.41, 5.74) is 2.90. The van der Waals surface area contributed by atoms with Crippen molar-refractivity contribution in [3.8, 4) is 11.3 Å². The van der Waals surface area contributed by atoms with E-state index in [1.165, 1.54) is 12.1 Å². The fraction of sp³-hybridized carbons (Fsp3) is 0.235. The summed E-state index contributed by atoms with van der Waals surface area (Å²) in [5, 5.41) is 7.13. The van der Waals surface area contributed by atoms with Crippen LogP contribution in [0.25, 0.3) is 11.3 Å². The van der Waals surface area contributed by atoms with Crippen LogP contribution in [0.2, 0.25) is 0 Å². The molecule has 0 fully saturated rings. The monoisotopic (exact) mass is 299 g/mol. The van der Waals surface area contributed by atoms with E-state index in [2.05, 4.69) is 22.0 Å². The van der Waals surface area contributed by atoms with Crippen LogP contribution in [-0.4, -0.2) is 22.1 Å². The fourth-order valence-corrected chi connectivity index (χ4v) is 2.45. The highest BCUT2D eigenvalue weighted by atomic mass is 19.1. The van der Waals surface area contributed by atoms with Crippen molar-refractivity contribution >= 4 is 0 Å². The normalized spacial score (nSPS) is 12.7. The van der Waals surface area contributed by atoms with Gasteiger partial charge in [-0.1, -0.05) is 0 Å². The zero-order valence-corrected chi connectivity index (χ0v) is 12.6. The van der Waals surface area contributed by atoms with Crippen molar-refractivity contribution in [2.45, 2.75) is 19.5 Å². The maximum absolute atomic E-state index is 13.1. The molecule has 2 aromatic heterocycles. The Balaban J connectivity index is 1.79. The molecule has 0 aliphatic carbocycles. The van der Waals surface area contributed by atoms with Gasteiger partial charge in [-0.05, 0) is 50.4 Å². The molecule has 0 aliphatic rings. The van der Waals surface area contributed by atoms with Crippen LogP contribution in [0, 0.1) is 5.82 Å². The summed E-state index contributed by atoms with van der Waals surface area (Å²) in [6, 6.07) is 10.4. The summed E-state index contributed by atoms with van der Waals surface area (Å²) in [5.74, 6) is 0.683. The standard InChI is InChI=1S/C17H18FN3O/c1-12(16-4-3-9-22-16)21(2)11-14-10-19-20-17(14)13-5-7-15(18)8-6-13/h3-10,12H,11H2,1-2H3,(H,19,20)/t12-/m0/s1. The number of aromatic amines is 1. The van der Waals surface area contributed by atoms with Gasteiger partial charge in [-0.2, -0.15) is 5.10 Å². The zero-order valence-electron chi connectivity index (χ0n) is 12.6. The number of halogens is 1. The van der Waals surface area contributed by atoms with E-state index in [0.29, 0.717) is 6.54 Å². The molecule has 2 heterocycles. The van der Waals surface area contributed by atoms with Crippen molar-refractivity contribution in [3.63, 3.8) is 0 Å². The van der Waals surface area contributed by atoms with Crippen LogP contribution >= 0.6 is 0 Å². The Morgan fingerprint density at radius 2 is 2.05 bits per heavy atom. The maximum Gasteiger partial charge on any atom is 0.123 e. The summed E-state index contributed by atoms with van der Waals surface area (Å²) in [7, 11) is 2.04. The highest BCUT2D eigenvalue weighted by Crippen LogP contribution is 2.26. The molecule has 0 saturated heterocycles. The van der Waals surface area contributed by atoms with Gasteiger partial charge in [0.1, 0.15) is 11.6 Å². The molecular weight excluding hydrogens is 281 g/mol. The van der Waals surface area contributed by atoms with E-state index >= 15 is 0 Å². The molecule has 22 heavy (non-hydrogen) atoms. The molecule has 0 saturated carbocycles. The summed E-state index contributed by atoms with van der Waals surface area (Å²) in [6.07, 6.45) is 3.49. The highest BCUT2D eigenvalue weighted by molar-refractivity contribution is 5.62. The lowest BCUT2D eigenvalue weighted by atomic mass is 10.1. The third-order valence-electron chi connectivity index (χ3n) is 3.89. The van der Waals surface area contributed by atoms with Gasteiger partial charge in [0.05, 0.1) is 24.2 Å². The Bertz CT molecular complexity index is 719. The third kappa shape index (κ3) is 2.94. The van der Waals surface area contributed by atoms with E-state index < -0.39 is 0 Å². The second-order valence-corrected chi connectivity index (χ2v) is 5.38. The van der Waals surface area contributed by atoms with E-state index in [9.17, 15) is 4.39 Å². The van der Waals surface area contributed by atoms with Gasteiger partial charge < -0.3 is 4.42 Å². The average molecular weight is 299 g/mol. The molecular formula is C17H18FN3O. The van der Waals surface area contributed by atoms with Gasteiger partial charge in [0.15, 0.2) is 0 Å². The molecule has 0 bridgehead atoms. The van der Waals surface area contributed by atoms with Crippen molar-refractivity contribution in [2.24, 2.45) is 0 Å². The third-order valence-corrected chi connectivity index (χ3v) is 3.89. The number of nitrogens with one attached hydrogen (secondary N) is 1. The highest BCUT2D eigenvalue weighted by Gasteiger charge is 2.17. The van der Waals surface area contributed by atoms with Crippen molar-refractivity contribution < 1.29 is 8.81 Å². The fourth-order valence-electron chi connectivity index (χ4n) is 2.45. The summed E-state index contributed by atoms with van der Waals surface area (Å²) < 4.78 is 18.5. The van der Waals surface area contributed by atoms with Crippen LogP contribution in [-0.2, 0) is 6.54 Å². The first-order valence-electron chi connectivity index (χ1n) is 7.17. The lowest BCUT2D eigenvalue weighted by molar-refractivity contribution is 0.223. The van der Waals surface area contributed by atoms with Crippen LogP contribution in [0.4, 0.5) is 4.39 Å². The number of nitrogens with zero attached hydrogens (tertiary/aromatic N) is 2. The van der Waals surface area contributed by atoms with E-state index in [1.54, 1.807) is 18.4 Å².